The van der Waals surface area contributed by atoms with Crippen molar-refractivity contribution in [3.05, 3.63) is 29.6 Å². The molecule has 28 heavy (non-hydrogen) atoms. The van der Waals surface area contributed by atoms with Gasteiger partial charge in [-0.15, -0.1) is 10.2 Å². The first-order valence-corrected chi connectivity index (χ1v) is 10.2. The van der Waals surface area contributed by atoms with Gasteiger partial charge in [0.15, 0.2) is 5.16 Å². The van der Waals surface area contributed by atoms with Crippen LogP contribution in [0.5, 0.6) is 11.5 Å². The molecule has 1 N–H and O–H groups in total. The van der Waals surface area contributed by atoms with Crippen LogP contribution in [0.1, 0.15) is 29.0 Å². The maximum absolute atomic E-state index is 12.6. The highest BCUT2D eigenvalue weighted by Crippen LogP contribution is 2.28. The highest BCUT2D eigenvalue weighted by Gasteiger charge is 2.19. The number of aromatic nitrogens is 3. The summed E-state index contributed by atoms with van der Waals surface area (Å²) in [6.45, 7) is 1.29. The summed E-state index contributed by atoms with van der Waals surface area (Å²) >= 11 is 1.66. The zero-order valence-electron chi connectivity index (χ0n) is 16.4. The summed E-state index contributed by atoms with van der Waals surface area (Å²) in [6, 6.07) is 5.25. The van der Waals surface area contributed by atoms with Crippen LogP contribution in [0.2, 0.25) is 0 Å². The van der Waals surface area contributed by atoms with Crippen LogP contribution in [0, 0.1) is 0 Å². The number of benzene rings is 1. The van der Waals surface area contributed by atoms with Gasteiger partial charge in [-0.2, -0.15) is 0 Å². The minimum Gasteiger partial charge on any atom is -0.496 e. The molecule has 9 heteroatoms. The minimum absolute atomic E-state index is 0.246. The lowest BCUT2D eigenvalue weighted by Gasteiger charge is -2.13. The standard InChI is InChI=1S/C19H26N4O4S/c1-23-16(21-22-19(23)28-12-13-6-5-11-27-13)9-10-20-18(24)17-14(25-2)7-4-8-15(17)26-3/h4,7-8,13H,5-6,9-12H2,1-3H3,(H,20,24). The van der Waals surface area contributed by atoms with E-state index in [0.717, 1.165) is 36.2 Å². The van der Waals surface area contributed by atoms with E-state index in [9.17, 15) is 4.79 Å². The molecule has 152 valence electrons. The highest BCUT2D eigenvalue weighted by atomic mass is 32.2. The molecule has 0 saturated carbocycles. The van der Waals surface area contributed by atoms with Gasteiger partial charge in [-0.3, -0.25) is 4.79 Å². The first-order valence-electron chi connectivity index (χ1n) is 9.26. The van der Waals surface area contributed by atoms with Gasteiger partial charge in [-0.05, 0) is 25.0 Å². The Morgan fingerprint density at radius 3 is 2.71 bits per heavy atom. The van der Waals surface area contributed by atoms with Crippen molar-refractivity contribution in [3.8, 4) is 11.5 Å². The van der Waals surface area contributed by atoms with Gasteiger partial charge in [0.1, 0.15) is 22.9 Å². The summed E-state index contributed by atoms with van der Waals surface area (Å²) in [7, 11) is 5.00. The Labute approximate surface area is 168 Å². The number of methoxy groups -OCH3 is 2. The lowest BCUT2D eigenvalue weighted by Crippen LogP contribution is -2.27. The van der Waals surface area contributed by atoms with Crippen molar-refractivity contribution in [2.75, 3.05) is 33.1 Å². The monoisotopic (exact) mass is 406 g/mol. The summed E-state index contributed by atoms with van der Waals surface area (Å²) in [5.41, 5.74) is 0.387. The average Bonchev–Trinajstić information content (AvgIpc) is 3.36. The predicted molar refractivity (Wildman–Crippen MR) is 106 cm³/mol. The van der Waals surface area contributed by atoms with E-state index in [1.54, 1.807) is 30.0 Å². The topological polar surface area (TPSA) is 87.5 Å². The summed E-state index contributed by atoms with van der Waals surface area (Å²) < 4.78 is 18.2. The van der Waals surface area contributed by atoms with Gasteiger partial charge in [-0.1, -0.05) is 17.8 Å². The highest BCUT2D eigenvalue weighted by molar-refractivity contribution is 7.99. The van der Waals surface area contributed by atoms with Crippen LogP contribution < -0.4 is 14.8 Å². The Morgan fingerprint density at radius 2 is 2.07 bits per heavy atom. The first kappa shape index (κ1) is 20.5. The third-order valence-corrected chi connectivity index (χ3v) is 5.79. The van der Waals surface area contributed by atoms with Crippen molar-refractivity contribution in [2.45, 2.75) is 30.5 Å². The number of hydrogen-bond donors (Lipinski definition) is 1. The molecule has 1 aliphatic rings. The van der Waals surface area contributed by atoms with Crippen LogP contribution in [0.3, 0.4) is 0 Å². The summed E-state index contributed by atoms with van der Waals surface area (Å²) in [4.78, 5) is 12.6. The Balaban J connectivity index is 1.54. The maximum atomic E-state index is 12.6. The average molecular weight is 407 g/mol. The summed E-state index contributed by atoms with van der Waals surface area (Å²) in [5, 5.41) is 12.3. The molecule has 2 aromatic rings. The van der Waals surface area contributed by atoms with Crippen molar-refractivity contribution in [3.63, 3.8) is 0 Å². The minimum atomic E-state index is -0.246. The molecule has 0 aliphatic carbocycles. The van der Waals surface area contributed by atoms with Crippen molar-refractivity contribution >= 4 is 17.7 Å². The van der Waals surface area contributed by atoms with Gasteiger partial charge in [0, 0.05) is 32.4 Å². The maximum Gasteiger partial charge on any atom is 0.258 e. The van der Waals surface area contributed by atoms with Gasteiger partial charge in [0.05, 0.1) is 20.3 Å². The van der Waals surface area contributed by atoms with Gasteiger partial charge >= 0.3 is 0 Å². The van der Waals surface area contributed by atoms with Crippen LogP contribution in [0.25, 0.3) is 0 Å². The molecular formula is C19H26N4O4S. The second kappa shape index (κ2) is 9.79. The molecule has 0 radical (unpaired) electrons. The third kappa shape index (κ3) is 4.77. The molecule has 1 amide bonds. The van der Waals surface area contributed by atoms with Crippen LogP contribution in [0.4, 0.5) is 0 Å². The summed E-state index contributed by atoms with van der Waals surface area (Å²) in [6.07, 6.45) is 3.12. The quantitative estimate of drug-likeness (QED) is 0.638. The number of hydrogen-bond acceptors (Lipinski definition) is 7. The van der Waals surface area contributed by atoms with Gasteiger partial charge in [0.2, 0.25) is 0 Å². The molecule has 2 heterocycles. The number of thioether (sulfide) groups is 1. The number of nitrogens with one attached hydrogen (secondary N) is 1. The van der Waals surface area contributed by atoms with E-state index in [1.807, 2.05) is 11.6 Å². The lowest BCUT2D eigenvalue weighted by atomic mass is 10.1. The normalized spacial score (nSPS) is 16.2. The number of carbonyl (C=O) groups is 1. The van der Waals surface area contributed by atoms with E-state index < -0.39 is 0 Å². The molecule has 1 aliphatic heterocycles. The molecule has 0 spiro atoms. The molecule has 8 nitrogen and oxygen atoms in total. The van der Waals surface area contributed by atoms with Crippen molar-refractivity contribution in [1.82, 2.24) is 20.1 Å². The smallest absolute Gasteiger partial charge is 0.258 e. The van der Waals surface area contributed by atoms with Crippen LogP contribution in [0.15, 0.2) is 23.4 Å². The van der Waals surface area contributed by atoms with E-state index in [1.165, 1.54) is 14.2 Å². The molecule has 0 bridgehead atoms. The third-order valence-electron chi connectivity index (χ3n) is 4.64. The Kier molecular flexibility index (Phi) is 7.16. The van der Waals surface area contributed by atoms with E-state index in [2.05, 4.69) is 15.5 Å². The molecular weight excluding hydrogens is 380 g/mol. The molecule has 1 atom stereocenters. The predicted octanol–water partition coefficient (Wildman–Crippen LogP) is 2.08. The zero-order chi connectivity index (χ0) is 19.9. The number of rotatable bonds is 9. The summed E-state index contributed by atoms with van der Waals surface area (Å²) in [5.74, 6) is 2.41. The van der Waals surface area contributed by atoms with Crippen molar-refractivity contribution in [2.24, 2.45) is 7.05 Å². The lowest BCUT2D eigenvalue weighted by molar-refractivity contribution is 0.0947. The van der Waals surface area contributed by atoms with Crippen LogP contribution in [-0.2, 0) is 18.2 Å². The largest absolute Gasteiger partial charge is 0.496 e. The van der Waals surface area contributed by atoms with Crippen LogP contribution >= 0.6 is 11.8 Å². The molecule has 1 fully saturated rings. The number of amides is 1. The Hall–Kier alpha value is -2.26. The second-order valence-corrected chi connectivity index (χ2v) is 7.43. The fraction of sp³-hybridized carbons (Fsp3) is 0.526. The molecule has 1 aromatic heterocycles. The Morgan fingerprint density at radius 1 is 1.32 bits per heavy atom. The van der Waals surface area contributed by atoms with E-state index in [-0.39, 0.29) is 5.91 Å². The molecule has 1 aromatic carbocycles. The number of carbonyl (C=O) groups excluding carboxylic acids is 1. The fourth-order valence-corrected chi connectivity index (χ4v) is 4.08. The van der Waals surface area contributed by atoms with Crippen LogP contribution in [-0.4, -0.2) is 59.9 Å². The van der Waals surface area contributed by atoms with Gasteiger partial charge in [0.25, 0.3) is 5.91 Å². The van der Waals surface area contributed by atoms with E-state index in [4.69, 9.17) is 14.2 Å². The first-order chi connectivity index (χ1) is 13.6. The number of nitrogens with zero attached hydrogens (tertiary/aromatic N) is 3. The second-order valence-electron chi connectivity index (χ2n) is 6.45. The van der Waals surface area contributed by atoms with Crippen molar-refractivity contribution in [1.29, 1.82) is 0 Å². The molecule has 1 unspecified atom stereocenters. The van der Waals surface area contributed by atoms with Gasteiger partial charge < -0.3 is 24.1 Å². The number of ether oxygens (including phenoxy) is 3. The SMILES string of the molecule is COc1cccc(OC)c1C(=O)NCCc1nnc(SCC2CCCO2)n1C. The van der Waals surface area contributed by atoms with Crippen molar-refractivity contribution < 1.29 is 19.0 Å². The Bertz CT molecular complexity index is 783. The zero-order valence-corrected chi connectivity index (χ0v) is 17.3. The fourth-order valence-electron chi connectivity index (χ4n) is 3.08. The molecule has 3 rings (SSSR count). The van der Waals surface area contributed by atoms with E-state index >= 15 is 0 Å². The molecule has 1 saturated heterocycles. The van der Waals surface area contributed by atoms with Gasteiger partial charge in [-0.25, -0.2) is 0 Å². The van der Waals surface area contributed by atoms with E-state index in [0.29, 0.717) is 36.1 Å².